The molecule has 1 N–H and O–H groups in total. The minimum absolute atomic E-state index is 0.00281. The second kappa shape index (κ2) is 9.78. The highest BCUT2D eigenvalue weighted by atomic mass is 32.2. The molecule has 0 unspecified atom stereocenters. The Morgan fingerprint density at radius 2 is 1.86 bits per heavy atom. The maximum absolute atomic E-state index is 13.4. The number of sulfonamides is 1. The Labute approximate surface area is 203 Å². The van der Waals surface area contributed by atoms with Crippen molar-refractivity contribution in [3.05, 3.63) is 78.0 Å². The Morgan fingerprint density at radius 1 is 1.08 bits per heavy atom. The standard InChI is InChI=1S/C24H19F4N3O4S/c1-14(31-36(33,34)23-11-17-10-18(25)6-8-21(17)35-23)20(32)7-5-15-3-2-4-16(9-15)19-12-30-22(13-29-19)24(26,27)28/h2-4,6,8-14,31H,5,7H2,1H3/t14-/m0/s1. The molecule has 4 rings (SSSR count). The van der Waals surface area contributed by atoms with E-state index in [-0.39, 0.29) is 35.3 Å². The van der Waals surface area contributed by atoms with Gasteiger partial charge in [0.25, 0.3) is 10.0 Å². The van der Waals surface area contributed by atoms with E-state index in [1.54, 1.807) is 24.3 Å². The van der Waals surface area contributed by atoms with E-state index in [9.17, 15) is 30.8 Å². The van der Waals surface area contributed by atoms with Crippen LogP contribution in [0.4, 0.5) is 17.6 Å². The molecule has 36 heavy (non-hydrogen) atoms. The molecule has 12 heteroatoms. The Kier molecular flexibility index (Phi) is 6.92. The van der Waals surface area contributed by atoms with Gasteiger partial charge in [0, 0.05) is 23.4 Å². The quantitative estimate of drug-likeness (QED) is 0.331. The van der Waals surface area contributed by atoms with Crippen molar-refractivity contribution in [2.75, 3.05) is 0 Å². The smallest absolute Gasteiger partial charge is 0.434 e. The molecule has 4 aromatic rings. The van der Waals surface area contributed by atoms with Crippen molar-refractivity contribution in [1.82, 2.24) is 14.7 Å². The van der Waals surface area contributed by atoms with Gasteiger partial charge in [-0.2, -0.15) is 17.9 Å². The van der Waals surface area contributed by atoms with E-state index in [2.05, 4.69) is 14.7 Å². The summed E-state index contributed by atoms with van der Waals surface area (Å²) in [7, 11) is -4.17. The van der Waals surface area contributed by atoms with Crippen molar-refractivity contribution in [2.24, 2.45) is 0 Å². The number of nitrogens with one attached hydrogen (secondary N) is 1. The third-order valence-corrected chi connectivity index (χ3v) is 6.76. The van der Waals surface area contributed by atoms with Gasteiger partial charge in [0.1, 0.15) is 11.4 Å². The van der Waals surface area contributed by atoms with Crippen LogP contribution in [-0.4, -0.2) is 30.2 Å². The van der Waals surface area contributed by atoms with Crippen LogP contribution in [0, 0.1) is 5.82 Å². The number of alkyl halides is 3. The Morgan fingerprint density at radius 3 is 2.56 bits per heavy atom. The number of Topliss-reactive ketones (excluding diaryl/α,β-unsaturated/α-hetero) is 1. The van der Waals surface area contributed by atoms with Crippen LogP contribution < -0.4 is 4.72 Å². The third kappa shape index (κ3) is 5.77. The van der Waals surface area contributed by atoms with Crippen molar-refractivity contribution in [2.45, 2.75) is 37.1 Å². The fraction of sp³-hybridized carbons (Fsp3) is 0.208. The number of ketones is 1. The number of benzene rings is 2. The molecule has 0 saturated heterocycles. The number of nitrogens with zero attached hydrogens (tertiary/aromatic N) is 2. The molecule has 7 nitrogen and oxygen atoms in total. The first kappa shape index (κ1) is 25.5. The molecular weight excluding hydrogens is 502 g/mol. The molecule has 0 saturated carbocycles. The van der Waals surface area contributed by atoms with Gasteiger partial charge in [0.2, 0.25) is 5.09 Å². The summed E-state index contributed by atoms with van der Waals surface area (Å²) in [6.07, 6.45) is -2.66. The lowest BCUT2D eigenvalue weighted by molar-refractivity contribution is -0.141. The van der Waals surface area contributed by atoms with Crippen LogP contribution in [0.1, 0.15) is 24.6 Å². The van der Waals surface area contributed by atoms with E-state index in [1.807, 2.05) is 0 Å². The minimum atomic E-state index is -4.59. The molecule has 188 valence electrons. The molecule has 2 aromatic heterocycles. The number of hydrogen-bond acceptors (Lipinski definition) is 6. The SMILES string of the molecule is C[C@H](NS(=O)(=O)c1cc2cc(F)ccc2o1)C(=O)CCc1cccc(-c2cnc(C(F)(F)F)cn2)c1. The number of halogens is 4. The van der Waals surface area contributed by atoms with E-state index in [4.69, 9.17) is 4.42 Å². The third-order valence-electron chi connectivity index (χ3n) is 5.36. The van der Waals surface area contributed by atoms with Gasteiger partial charge in [-0.3, -0.25) is 9.78 Å². The number of furan rings is 1. The number of fused-ring (bicyclic) bond motifs is 1. The summed E-state index contributed by atoms with van der Waals surface area (Å²) in [5, 5.41) is -0.167. The zero-order valence-corrected chi connectivity index (χ0v) is 19.5. The molecule has 0 aliphatic heterocycles. The number of rotatable bonds is 8. The number of aromatic nitrogens is 2. The number of carbonyl (C=O) groups is 1. The topological polar surface area (TPSA) is 102 Å². The highest BCUT2D eigenvalue weighted by Gasteiger charge is 2.32. The molecule has 0 aliphatic carbocycles. The monoisotopic (exact) mass is 521 g/mol. The van der Waals surface area contributed by atoms with Gasteiger partial charge in [-0.1, -0.05) is 18.2 Å². The van der Waals surface area contributed by atoms with Gasteiger partial charge in [-0.05, 0) is 43.2 Å². The van der Waals surface area contributed by atoms with Crippen molar-refractivity contribution in [3.63, 3.8) is 0 Å². The molecule has 0 bridgehead atoms. The van der Waals surface area contributed by atoms with Gasteiger partial charge in [-0.15, -0.1) is 0 Å². The van der Waals surface area contributed by atoms with Crippen molar-refractivity contribution >= 4 is 26.8 Å². The summed E-state index contributed by atoms with van der Waals surface area (Å²) in [6, 6.07) is 10.4. The van der Waals surface area contributed by atoms with Gasteiger partial charge in [0.15, 0.2) is 11.5 Å². The first-order valence-corrected chi connectivity index (χ1v) is 12.1. The van der Waals surface area contributed by atoms with E-state index in [0.717, 1.165) is 18.3 Å². The average Bonchev–Trinajstić information content (AvgIpc) is 3.26. The summed E-state index contributed by atoms with van der Waals surface area (Å²) in [5.41, 5.74) is 0.559. The molecule has 0 radical (unpaired) electrons. The summed E-state index contributed by atoms with van der Waals surface area (Å²) >= 11 is 0. The van der Waals surface area contributed by atoms with Crippen molar-refractivity contribution in [1.29, 1.82) is 0 Å². The van der Waals surface area contributed by atoms with Crippen LogP contribution >= 0.6 is 0 Å². The predicted octanol–water partition coefficient (Wildman–Crippen LogP) is 4.92. The zero-order valence-electron chi connectivity index (χ0n) is 18.7. The van der Waals surface area contributed by atoms with Gasteiger partial charge < -0.3 is 4.42 Å². The first-order chi connectivity index (χ1) is 16.9. The highest BCUT2D eigenvalue weighted by Crippen LogP contribution is 2.28. The van der Waals surface area contributed by atoms with E-state index in [1.165, 1.54) is 19.1 Å². The zero-order chi connectivity index (χ0) is 26.1. The second-order valence-electron chi connectivity index (χ2n) is 8.04. The molecule has 0 aliphatic rings. The maximum Gasteiger partial charge on any atom is 0.434 e. The number of aryl methyl sites for hydroxylation is 1. The van der Waals surface area contributed by atoms with Crippen molar-refractivity contribution in [3.8, 4) is 11.3 Å². The molecule has 0 fully saturated rings. The van der Waals surface area contributed by atoms with Crippen LogP contribution in [0.2, 0.25) is 0 Å². The molecule has 0 spiro atoms. The lowest BCUT2D eigenvalue weighted by atomic mass is 10.0. The summed E-state index contributed by atoms with van der Waals surface area (Å²) < 4.78 is 84.2. The Bertz CT molecular complexity index is 1520. The Hall–Kier alpha value is -3.64. The van der Waals surface area contributed by atoms with Gasteiger partial charge in [0.05, 0.1) is 24.1 Å². The first-order valence-electron chi connectivity index (χ1n) is 10.6. The number of hydrogen-bond donors (Lipinski definition) is 1. The molecule has 2 heterocycles. The molecule has 0 amide bonds. The normalized spacial score (nSPS) is 13.1. The summed E-state index contributed by atoms with van der Waals surface area (Å²) in [4.78, 5) is 19.8. The average molecular weight is 521 g/mol. The largest absolute Gasteiger partial charge is 0.443 e. The van der Waals surface area contributed by atoms with Crippen molar-refractivity contribution < 1.29 is 35.2 Å². The lowest BCUT2D eigenvalue weighted by Crippen LogP contribution is -2.38. The maximum atomic E-state index is 13.4. The highest BCUT2D eigenvalue weighted by molar-refractivity contribution is 7.89. The fourth-order valence-corrected chi connectivity index (χ4v) is 4.67. The number of carbonyl (C=O) groups excluding carboxylic acids is 1. The van der Waals surface area contributed by atoms with E-state index in [0.29, 0.717) is 17.3 Å². The summed E-state index contributed by atoms with van der Waals surface area (Å²) in [5.74, 6) is -0.932. The lowest BCUT2D eigenvalue weighted by Gasteiger charge is -2.12. The van der Waals surface area contributed by atoms with Crippen LogP contribution in [0.5, 0.6) is 0 Å². The fourth-order valence-electron chi connectivity index (χ4n) is 3.47. The molecular formula is C24H19F4N3O4S. The van der Waals surface area contributed by atoms with Gasteiger partial charge >= 0.3 is 6.18 Å². The van der Waals surface area contributed by atoms with Crippen LogP contribution in [0.3, 0.4) is 0 Å². The Balaban J connectivity index is 1.39. The predicted molar refractivity (Wildman–Crippen MR) is 122 cm³/mol. The minimum Gasteiger partial charge on any atom is -0.443 e. The van der Waals surface area contributed by atoms with Crippen LogP contribution in [0.15, 0.2) is 70.4 Å². The molecule has 2 aromatic carbocycles. The van der Waals surface area contributed by atoms with Crippen LogP contribution in [0.25, 0.3) is 22.2 Å². The molecule has 1 atom stereocenters. The van der Waals surface area contributed by atoms with Crippen LogP contribution in [-0.2, 0) is 27.4 Å². The summed E-state index contributed by atoms with van der Waals surface area (Å²) in [6.45, 7) is 1.40. The van der Waals surface area contributed by atoms with E-state index >= 15 is 0 Å². The van der Waals surface area contributed by atoms with Gasteiger partial charge in [-0.25, -0.2) is 17.8 Å². The second-order valence-corrected chi connectivity index (χ2v) is 9.69. The van der Waals surface area contributed by atoms with E-state index < -0.39 is 38.8 Å².